The number of carbonyl (C=O) groups is 3. The summed E-state index contributed by atoms with van der Waals surface area (Å²) in [5.41, 5.74) is 1.40. The molecular weight excluding hydrogens is 572 g/mol. The number of benzene rings is 2. The third-order valence-corrected chi connectivity index (χ3v) is 6.74. The maximum absolute atomic E-state index is 15.0. The molecule has 0 spiro atoms. The smallest absolute Gasteiger partial charge is 0.328 e. The van der Waals surface area contributed by atoms with Crippen molar-refractivity contribution in [3.8, 4) is 11.3 Å². The first-order valence-corrected chi connectivity index (χ1v) is 14.2. The lowest BCUT2D eigenvalue weighted by Gasteiger charge is -2.32. The Balaban J connectivity index is 1.84. The normalized spacial score (nSPS) is 12.9. The molecule has 11 nitrogen and oxygen atoms in total. The van der Waals surface area contributed by atoms with Crippen LogP contribution < -0.4 is 26.0 Å². The third kappa shape index (κ3) is 7.21. The van der Waals surface area contributed by atoms with Gasteiger partial charge in [0, 0.05) is 42.4 Å². The van der Waals surface area contributed by atoms with Crippen molar-refractivity contribution in [2.45, 2.75) is 54.1 Å². The fourth-order valence-electron chi connectivity index (χ4n) is 4.85. The van der Waals surface area contributed by atoms with Crippen LogP contribution in [0.1, 0.15) is 56.1 Å². The molecular formula is C31H36F2N7O4-. The monoisotopic (exact) mass is 608 g/mol. The molecule has 1 aromatic heterocycles. The van der Waals surface area contributed by atoms with Gasteiger partial charge in [0.1, 0.15) is 23.4 Å². The van der Waals surface area contributed by atoms with E-state index in [9.17, 15) is 19.5 Å². The molecule has 0 aliphatic carbocycles. The van der Waals surface area contributed by atoms with Crippen molar-refractivity contribution < 1.29 is 28.3 Å². The zero-order valence-corrected chi connectivity index (χ0v) is 25.5. The van der Waals surface area contributed by atoms with Crippen LogP contribution in [0, 0.1) is 24.0 Å². The van der Waals surface area contributed by atoms with Gasteiger partial charge in [-0.25, -0.2) is 23.5 Å². The molecule has 3 aromatic rings. The highest BCUT2D eigenvalue weighted by molar-refractivity contribution is 6.02. The molecule has 234 valence electrons. The van der Waals surface area contributed by atoms with E-state index in [1.807, 2.05) is 41.5 Å². The van der Waals surface area contributed by atoms with Crippen LogP contribution in [-0.4, -0.2) is 58.6 Å². The molecule has 4 rings (SSSR count). The average Bonchev–Trinajstić information content (AvgIpc) is 2.92. The van der Waals surface area contributed by atoms with Crippen LogP contribution in [0.5, 0.6) is 0 Å². The standard InChI is InChI=1S/C31H37F2N7O4/c1-17(2)36-27(41)19-11-10-18(3)20(14-19)24-21-15-35-29(42)40(25-22(32)8-7-9-23(25)33)26(21)38-28(37-24)34-12-13-39(30(43)44)16-31(4,5)6/h7-11,14,17H,12-13,15-16H2,1-6H3,(H,35,42)(H,36,41)(H,43,44)(H,34,37,38)/p-1. The molecule has 2 aromatic carbocycles. The van der Waals surface area contributed by atoms with Crippen LogP contribution in [0.15, 0.2) is 36.4 Å². The summed E-state index contributed by atoms with van der Waals surface area (Å²) in [6.07, 6.45) is -1.33. The second kappa shape index (κ2) is 12.8. The molecule has 0 saturated heterocycles. The van der Waals surface area contributed by atoms with E-state index in [1.165, 1.54) is 6.07 Å². The van der Waals surface area contributed by atoms with E-state index in [0.29, 0.717) is 22.4 Å². The molecule has 0 radical (unpaired) electrons. The first-order chi connectivity index (χ1) is 20.7. The molecule has 0 fully saturated rings. The lowest BCUT2D eigenvalue weighted by Crippen LogP contribution is -2.47. The Kier molecular flexibility index (Phi) is 9.36. The summed E-state index contributed by atoms with van der Waals surface area (Å²) >= 11 is 0. The zero-order valence-electron chi connectivity index (χ0n) is 25.5. The van der Waals surface area contributed by atoms with Crippen molar-refractivity contribution in [3.63, 3.8) is 0 Å². The number of rotatable bonds is 9. The maximum Gasteiger partial charge on any atom is 0.328 e. The fraction of sp³-hybridized carbons (Fsp3) is 0.387. The minimum absolute atomic E-state index is 0.0133. The summed E-state index contributed by atoms with van der Waals surface area (Å²) in [7, 11) is 0. The number of nitrogens with one attached hydrogen (secondary N) is 3. The maximum atomic E-state index is 15.0. The Hall–Kier alpha value is -4.81. The number of aryl methyl sites for hydroxylation is 1. The largest absolute Gasteiger partial charge is 0.530 e. The van der Waals surface area contributed by atoms with Gasteiger partial charge in [0.25, 0.3) is 5.91 Å². The SMILES string of the molecule is Cc1ccc(C(=O)NC(C)C)cc1-c1nc(NCCN(CC(C)(C)C)C(=O)[O-])nc2c1CNC(=O)N2c1c(F)cccc1F. The number of hydrogen-bond donors (Lipinski definition) is 3. The number of para-hydroxylation sites is 1. The Labute approximate surface area is 254 Å². The minimum atomic E-state index is -1.33. The number of nitrogens with zero attached hydrogens (tertiary/aromatic N) is 4. The number of carboxylic acid groups (broad SMARTS) is 1. The van der Waals surface area contributed by atoms with E-state index in [2.05, 4.69) is 20.9 Å². The lowest BCUT2D eigenvalue weighted by molar-refractivity contribution is -0.266. The fourth-order valence-corrected chi connectivity index (χ4v) is 4.85. The van der Waals surface area contributed by atoms with Gasteiger partial charge in [-0.2, -0.15) is 4.98 Å². The van der Waals surface area contributed by atoms with Gasteiger partial charge in [-0.05, 0) is 56.0 Å². The highest BCUT2D eigenvalue weighted by atomic mass is 19.1. The number of hydrogen-bond acceptors (Lipinski definition) is 7. The molecule has 1 aliphatic rings. The summed E-state index contributed by atoms with van der Waals surface area (Å²) in [6.45, 7) is 11.5. The predicted octanol–water partition coefficient (Wildman–Crippen LogP) is 4.33. The van der Waals surface area contributed by atoms with Crippen molar-refractivity contribution in [3.05, 3.63) is 64.7 Å². The van der Waals surface area contributed by atoms with Crippen molar-refractivity contribution in [2.24, 2.45) is 5.41 Å². The van der Waals surface area contributed by atoms with Crippen molar-refractivity contribution in [1.29, 1.82) is 0 Å². The van der Waals surface area contributed by atoms with E-state index in [0.717, 1.165) is 27.5 Å². The molecule has 0 bridgehead atoms. The minimum Gasteiger partial charge on any atom is -0.530 e. The number of amides is 4. The predicted molar refractivity (Wildman–Crippen MR) is 160 cm³/mol. The van der Waals surface area contributed by atoms with Crippen molar-refractivity contribution >= 4 is 35.5 Å². The summed E-state index contributed by atoms with van der Waals surface area (Å²) < 4.78 is 30.0. The van der Waals surface area contributed by atoms with Gasteiger partial charge in [-0.1, -0.05) is 32.9 Å². The van der Waals surface area contributed by atoms with Gasteiger partial charge in [-0.3, -0.25) is 4.79 Å². The van der Waals surface area contributed by atoms with E-state index >= 15 is 8.78 Å². The third-order valence-electron chi connectivity index (χ3n) is 6.74. The topological polar surface area (TPSA) is 143 Å². The van der Waals surface area contributed by atoms with Gasteiger partial charge in [-0.15, -0.1) is 0 Å². The summed E-state index contributed by atoms with van der Waals surface area (Å²) in [5.74, 6) is -2.32. The lowest BCUT2D eigenvalue weighted by atomic mass is 9.96. The van der Waals surface area contributed by atoms with E-state index in [-0.39, 0.29) is 55.3 Å². The molecule has 1 aliphatic heterocycles. The van der Waals surface area contributed by atoms with Crippen LogP contribution in [0.3, 0.4) is 0 Å². The van der Waals surface area contributed by atoms with E-state index < -0.39 is 29.4 Å². The zero-order chi connectivity index (χ0) is 32.3. The molecule has 3 N–H and O–H groups in total. The highest BCUT2D eigenvalue weighted by Gasteiger charge is 2.34. The molecule has 2 heterocycles. The number of urea groups is 1. The van der Waals surface area contributed by atoms with E-state index in [1.54, 1.807) is 18.2 Å². The Morgan fingerprint density at radius 2 is 1.82 bits per heavy atom. The van der Waals surface area contributed by atoms with Crippen LogP contribution in [-0.2, 0) is 6.54 Å². The van der Waals surface area contributed by atoms with Gasteiger partial charge < -0.3 is 30.8 Å². The van der Waals surface area contributed by atoms with Crippen molar-refractivity contribution in [1.82, 2.24) is 25.5 Å². The molecule has 4 amide bonds. The highest BCUT2D eigenvalue weighted by Crippen LogP contribution is 2.39. The van der Waals surface area contributed by atoms with Gasteiger partial charge >= 0.3 is 6.03 Å². The molecule has 44 heavy (non-hydrogen) atoms. The number of halogens is 2. The van der Waals surface area contributed by atoms with Crippen LogP contribution in [0.25, 0.3) is 11.3 Å². The second-order valence-electron chi connectivity index (χ2n) is 12.1. The molecule has 0 atom stereocenters. The average molecular weight is 609 g/mol. The molecule has 13 heteroatoms. The molecule has 0 saturated carbocycles. The first kappa shape index (κ1) is 32.1. The van der Waals surface area contributed by atoms with Crippen LogP contribution in [0.4, 0.5) is 35.8 Å². The van der Waals surface area contributed by atoms with Crippen molar-refractivity contribution in [2.75, 3.05) is 29.9 Å². The Morgan fingerprint density at radius 3 is 2.43 bits per heavy atom. The Morgan fingerprint density at radius 1 is 1.14 bits per heavy atom. The molecule has 0 unspecified atom stereocenters. The van der Waals surface area contributed by atoms with Crippen LogP contribution in [0.2, 0.25) is 0 Å². The Bertz CT molecular complexity index is 1570. The van der Waals surface area contributed by atoms with E-state index in [4.69, 9.17) is 4.98 Å². The number of anilines is 3. The summed E-state index contributed by atoms with van der Waals surface area (Å²) in [5, 5.41) is 20.2. The second-order valence-corrected chi connectivity index (χ2v) is 12.1. The summed E-state index contributed by atoms with van der Waals surface area (Å²) in [6, 6.07) is 7.44. The number of carbonyl (C=O) groups excluding carboxylic acids is 3. The summed E-state index contributed by atoms with van der Waals surface area (Å²) in [4.78, 5) is 48.9. The number of aromatic nitrogens is 2. The van der Waals surface area contributed by atoms with Gasteiger partial charge in [0.15, 0.2) is 5.82 Å². The number of fused-ring (bicyclic) bond motifs is 1. The first-order valence-electron chi connectivity index (χ1n) is 14.2. The van der Waals surface area contributed by atoms with Gasteiger partial charge in [0.2, 0.25) is 5.95 Å². The quantitative estimate of drug-likeness (QED) is 0.328. The van der Waals surface area contributed by atoms with Gasteiger partial charge in [0.05, 0.1) is 12.2 Å². The van der Waals surface area contributed by atoms with Crippen LogP contribution >= 0.6 is 0 Å².